The number of non-ortho nitro benzene ring substituents is 1. The number of nitro groups is 1. The maximum absolute atomic E-state index is 12.2. The predicted molar refractivity (Wildman–Crippen MR) is 112 cm³/mol. The van der Waals surface area contributed by atoms with Crippen molar-refractivity contribution >= 4 is 29.6 Å². The Kier molecular flexibility index (Phi) is 6.76. The first-order valence-electron chi connectivity index (χ1n) is 9.66. The topological polar surface area (TPSA) is 117 Å². The number of carbonyl (C=O) groups excluding carboxylic acids is 2. The summed E-state index contributed by atoms with van der Waals surface area (Å²) in [5.41, 5.74) is 0.789. The van der Waals surface area contributed by atoms with Gasteiger partial charge in [0.15, 0.2) is 17.2 Å². The van der Waals surface area contributed by atoms with E-state index >= 15 is 0 Å². The summed E-state index contributed by atoms with van der Waals surface area (Å²) in [7, 11) is 0. The molecule has 0 unspecified atom stereocenters. The Balaban J connectivity index is 1.89. The second-order valence-electron chi connectivity index (χ2n) is 6.51. The molecule has 9 nitrogen and oxygen atoms in total. The van der Waals surface area contributed by atoms with Crippen LogP contribution in [0.4, 0.5) is 5.69 Å². The summed E-state index contributed by atoms with van der Waals surface area (Å²) in [4.78, 5) is 38.6. The highest BCUT2D eigenvalue weighted by Gasteiger charge is 2.25. The third-order valence-electron chi connectivity index (χ3n) is 4.17. The number of hydrogen-bond donors (Lipinski definition) is 0. The van der Waals surface area contributed by atoms with E-state index in [1.807, 2.05) is 6.92 Å². The fraction of sp³-hybridized carbons (Fsp3) is 0.227. The molecule has 0 radical (unpaired) electrons. The fourth-order valence-corrected chi connectivity index (χ4v) is 2.79. The summed E-state index contributed by atoms with van der Waals surface area (Å²) in [5, 5.41) is 11.0. The first kappa shape index (κ1) is 21.7. The van der Waals surface area contributed by atoms with Gasteiger partial charge in [0.05, 0.1) is 11.5 Å². The van der Waals surface area contributed by atoms with Crippen LogP contribution in [0.25, 0.3) is 6.08 Å². The minimum Gasteiger partial charge on any atom is -0.490 e. The molecule has 1 aliphatic rings. The summed E-state index contributed by atoms with van der Waals surface area (Å²) in [5.74, 6) is -0.416. The monoisotopic (exact) mass is 424 g/mol. The summed E-state index contributed by atoms with van der Waals surface area (Å²) in [6.07, 6.45) is 2.45. The van der Waals surface area contributed by atoms with Gasteiger partial charge >= 0.3 is 11.9 Å². The van der Waals surface area contributed by atoms with Crippen molar-refractivity contribution in [1.82, 2.24) is 0 Å². The molecule has 0 saturated heterocycles. The molecule has 0 spiro atoms. The van der Waals surface area contributed by atoms with Gasteiger partial charge in [-0.1, -0.05) is 19.1 Å². The van der Waals surface area contributed by atoms with E-state index in [0.29, 0.717) is 36.3 Å². The van der Waals surface area contributed by atoms with Crippen LogP contribution in [0.15, 0.2) is 53.2 Å². The van der Waals surface area contributed by atoms with E-state index < -0.39 is 10.9 Å². The normalized spacial score (nSPS) is 14.2. The van der Waals surface area contributed by atoms with Gasteiger partial charge in [-0.05, 0) is 43.2 Å². The van der Waals surface area contributed by atoms with Gasteiger partial charge in [0.25, 0.3) is 5.69 Å². The second-order valence-corrected chi connectivity index (χ2v) is 6.51. The zero-order valence-electron chi connectivity index (χ0n) is 17.0. The molecule has 1 heterocycles. The number of aliphatic imine (C=N–C) groups is 1. The predicted octanol–water partition coefficient (Wildman–Crippen LogP) is 4.04. The molecule has 0 aromatic heterocycles. The van der Waals surface area contributed by atoms with Crippen LogP contribution in [-0.2, 0) is 14.3 Å². The summed E-state index contributed by atoms with van der Waals surface area (Å²) in [6, 6.07) is 10.5. The minimum absolute atomic E-state index is 0.0184. The average Bonchev–Trinajstić information content (AvgIpc) is 3.11. The number of esters is 2. The van der Waals surface area contributed by atoms with E-state index in [1.54, 1.807) is 31.2 Å². The largest absolute Gasteiger partial charge is 0.490 e. The van der Waals surface area contributed by atoms with Crippen LogP contribution >= 0.6 is 0 Å². The maximum Gasteiger partial charge on any atom is 0.363 e. The van der Waals surface area contributed by atoms with E-state index in [0.717, 1.165) is 0 Å². The molecular weight excluding hydrogens is 404 g/mol. The molecule has 9 heteroatoms. The third-order valence-corrected chi connectivity index (χ3v) is 4.17. The van der Waals surface area contributed by atoms with E-state index in [9.17, 15) is 19.7 Å². The molecule has 0 fully saturated rings. The van der Waals surface area contributed by atoms with Gasteiger partial charge in [0.2, 0.25) is 5.90 Å². The molecule has 0 amide bonds. The summed E-state index contributed by atoms with van der Waals surface area (Å²) >= 11 is 0. The van der Waals surface area contributed by atoms with E-state index in [-0.39, 0.29) is 29.0 Å². The molecule has 0 N–H and O–H groups in total. The second kappa shape index (κ2) is 9.66. The average molecular weight is 424 g/mol. The molecule has 1 aliphatic heterocycles. The van der Waals surface area contributed by atoms with E-state index in [2.05, 4.69) is 4.99 Å². The van der Waals surface area contributed by atoms with Gasteiger partial charge in [-0.15, -0.1) is 0 Å². The van der Waals surface area contributed by atoms with Crippen molar-refractivity contribution in [3.05, 3.63) is 69.4 Å². The molecule has 31 heavy (non-hydrogen) atoms. The molecule has 3 rings (SSSR count). The number of hydrogen-bond acceptors (Lipinski definition) is 8. The number of ether oxygens (including phenoxy) is 3. The Labute approximate surface area is 178 Å². The highest BCUT2D eigenvalue weighted by Crippen LogP contribution is 2.31. The Morgan fingerprint density at radius 1 is 1.19 bits per heavy atom. The number of cyclic esters (lactones) is 1. The van der Waals surface area contributed by atoms with Crippen LogP contribution in [0.1, 0.15) is 37.8 Å². The smallest absolute Gasteiger partial charge is 0.363 e. The van der Waals surface area contributed by atoms with Crippen molar-refractivity contribution in [3.63, 3.8) is 0 Å². The zero-order chi connectivity index (χ0) is 22.4. The summed E-state index contributed by atoms with van der Waals surface area (Å²) in [6.45, 7) is 4.03. The molecule has 0 aliphatic carbocycles. The zero-order valence-corrected chi connectivity index (χ0v) is 17.0. The highest BCUT2D eigenvalue weighted by molar-refractivity contribution is 6.13. The first-order chi connectivity index (χ1) is 14.9. The number of nitrogens with zero attached hydrogens (tertiary/aromatic N) is 2. The molecule has 0 atom stereocenters. The van der Waals surface area contributed by atoms with E-state index in [1.165, 1.54) is 24.3 Å². The quantitative estimate of drug-likeness (QED) is 0.206. The lowest BCUT2D eigenvalue weighted by Gasteiger charge is -2.11. The van der Waals surface area contributed by atoms with Gasteiger partial charge in [-0.3, -0.25) is 14.9 Å². The van der Waals surface area contributed by atoms with Gasteiger partial charge in [-0.2, -0.15) is 0 Å². The maximum atomic E-state index is 12.2. The van der Waals surface area contributed by atoms with Crippen molar-refractivity contribution in [2.45, 2.75) is 26.7 Å². The fourth-order valence-electron chi connectivity index (χ4n) is 2.79. The Bertz CT molecular complexity index is 1090. The number of benzene rings is 2. The standard InChI is InChI=1S/C22H20N2O7/c1-3-6-20(25)30-18-10-9-14(12-19(18)29-4-2)11-17-22(26)31-21(23-17)15-7-5-8-16(13-15)24(27)28/h5,7-13H,3-4,6H2,1-2H3/b17-11-. The molecule has 0 saturated carbocycles. The molecular formula is C22H20N2O7. The lowest BCUT2D eigenvalue weighted by molar-refractivity contribution is -0.384. The van der Waals surface area contributed by atoms with Crippen molar-refractivity contribution in [2.24, 2.45) is 4.99 Å². The number of rotatable bonds is 8. The molecule has 2 aromatic rings. The highest BCUT2D eigenvalue weighted by atomic mass is 16.6. The molecule has 160 valence electrons. The van der Waals surface area contributed by atoms with E-state index in [4.69, 9.17) is 14.2 Å². The van der Waals surface area contributed by atoms with Gasteiger partial charge < -0.3 is 14.2 Å². The van der Waals surface area contributed by atoms with Crippen LogP contribution in [-0.4, -0.2) is 29.4 Å². The van der Waals surface area contributed by atoms with Crippen LogP contribution in [0.2, 0.25) is 0 Å². The Hall–Kier alpha value is -4.01. The van der Waals surface area contributed by atoms with Gasteiger partial charge in [-0.25, -0.2) is 9.79 Å². The summed E-state index contributed by atoms with van der Waals surface area (Å²) < 4.78 is 16.1. The minimum atomic E-state index is -0.682. The van der Waals surface area contributed by atoms with Crippen LogP contribution in [0.5, 0.6) is 11.5 Å². The van der Waals surface area contributed by atoms with Crippen molar-refractivity contribution < 1.29 is 28.7 Å². The van der Waals surface area contributed by atoms with Crippen LogP contribution in [0, 0.1) is 10.1 Å². The van der Waals surface area contributed by atoms with Crippen molar-refractivity contribution in [3.8, 4) is 11.5 Å². The van der Waals surface area contributed by atoms with Crippen LogP contribution in [0.3, 0.4) is 0 Å². The first-order valence-corrected chi connectivity index (χ1v) is 9.66. The van der Waals surface area contributed by atoms with Gasteiger partial charge in [0, 0.05) is 24.1 Å². The van der Waals surface area contributed by atoms with Crippen LogP contribution < -0.4 is 9.47 Å². The van der Waals surface area contributed by atoms with Crippen molar-refractivity contribution in [1.29, 1.82) is 0 Å². The Morgan fingerprint density at radius 2 is 2.00 bits per heavy atom. The molecule has 0 bridgehead atoms. The number of nitro benzene ring substituents is 1. The number of carbonyl (C=O) groups is 2. The van der Waals surface area contributed by atoms with Crippen molar-refractivity contribution in [2.75, 3.05) is 6.61 Å². The lowest BCUT2D eigenvalue weighted by Crippen LogP contribution is -2.08. The SMILES string of the molecule is CCCC(=O)Oc1ccc(/C=C2\N=C(c3cccc([N+](=O)[O-])c3)OC2=O)cc1OCC. The third kappa shape index (κ3) is 5.33. The lowest BCUT2D eigenvalue weighted by atomic mass is 10.1. The Morgan fingerprint density at radius 3 is 2.71 bits per heavy atom. The molecule has 2 aromatic carbocycles. The van der Waals surface area contributed by atoms with Gasteiger partial charge in [0.1, 0.15) is 0 Å².